The molecule has 4 aromatic heterocycles. The van der Waals surface area contributed by atoms with Crippen molar-refractivity contribution in [3.8, 4) is 0 Å². The number of anilines is 2. The number of ether oxygens (including phenoxy) is 3. The first kappa shape index (κ1) is 30.4. The van der Waals surface area contributed by atoms with Crippen molar-refractivity contribution in [1.82, 2.24) is 39.0 Å². The highest BCUT2D eigenvalue weighted by molar-refractivity contribution is 7.47. The molecule has 4 aromatic rings. The van der Waals surface area contributed by atoms with Gasteiger partial charge in [-0.1, -0.05) is 0 Å². The molecule has 0 spiro atoms. The zero-order valence-electron chi connectivity index (χ0n) is 23.1. The number of hydrogen-bond donors (Lipinski definition) is 7. The summed E-state index contributed by atoms with van der Waals surface area (Å²) in [5.41, 5.74) is 5.54. The Morgan fingerprint density at radius 2 is 1.73 bits per heavy atom. The number of imidazole rings is 2. The second-order valence-electron chi connectivity index (χ2n) is 9.79. The van der Waals surface area contributed by atoms with Crippen molar-refractivity contribution in [3.63, 3.8) is 0 Å². The van der Waals surface area contributed by atoms with Crippen molar-refractivity contribution >= 4 is 41.9 Å². The van der Waals surface area contributed by atoms with Crippen LogP contribution in [0.5, 0.6) is 0 Å². The third-order valence-corrected chi connectivity index (χ3v) is 8.09. The van der Waals surface area contributed by atoms with E-state index in [9.17, 15) is 29.6 Å². The molecule has 6 rings (SSSR count). The van der Waals surface area contributed by atoms with Gasteiger partial charge in [0.25, 0.3) is 5.56 Å². The molecule has 0 bridgehead atoms. The van der Waals surface area contributed by atoms with E-state index in [1.165, 1.54) is 17.2 Å². The number of nitrogens with zero attached hydrogens (tertiary/aromatic N) is 7. The number of nitrogens with one attached hydrogen (secondary N) is 2. The van der Waals surface area contributed by atoms with Gasteiger partial charge in [0, 0.05) is 13.7 Å². The van der Waals surface area contributed by atoms with Crippen LogP contribution in [0.4, 0.5) is 11.8 Å². The molecule has 21 nitrogen and oxygen atoms in total. The highest BCUT2D eigenvalue weighted by atomic mass is 31.2. The van der Waals surface area contributed by atoms with Crippen LogP contribution in [0.1, 0.15) is 19.4 Å². The summed E-state index contributed by atoms with van der Waals surface area (Å²) in [6.07, 6.45) is -7.42. The number of phosphoric acid groups is 1. The molecule has 0 amide bonds. The van der Waals surface area contributed by atoms with Gasteiger partial charge in [-0.3, -0.25) is 28.0 Å². The Balaban J connectivity index is 1.16. The average Bonchev–Trinajstić information content (AvgIpc) is 3.74. The van der Waals surface area contributed by atoms with Gasteiger partial charge in [-0.2, -0.15) is 4.98 Å². The van der Waals surface area contributed by atoms with Crippen LogP contribution in [0.3, 0.4) is 0 Å². The number of hydrogen-bond acceptors (Lipinski definition) is 17. The Morgan fingerprint density at radius 3 is 2.45 bits per heavy atom. The maximum Gasteiger partial charge on any atom is 0.472 e. The largest absolute Gasteiger partial charge is 0.472 e. The maximum absolute atomic E-state index is 13.0. The Bertz CT molecular complexity index is 1770. The molecule has 2 aliphatic rings. The molecule has 9 unspecified atom stereocenters. The predicted molar refractivity (Wildman–Crippen MR) is 146 cm³/mol. The third kappa shape index (κ3) is 5.32. The first-order chi connectivity index (χ1) is 21.0. The molecule has 22 heteroatoms. The van der Waals surface area contributed by atoms with Crippen LogP contribution in [0.2, 0.25) is 0 Å². The monoisotopic (exact) mass is 640 g/mol. The predicted octanol–water partition coefficient (Wildman–Crippen LogP) is -2.04. The SMILES string of the molecule is CCOC1C(COP(=O)(O)OC2C(O)OC(n3cnc4c(=O)[nH]c(N)nc43)C2O)OC(n2cnc3c(NC)ncnc32)C1O. The van der Waals surface area contributed by atoms with Crippen molar-refractivity contribution in [2.45, 2.75) is 56.2 Å². The number of aliphatic hydroxyl groups excluding tert-OH is 3. The number of nitrogens with two attached hydrogens (primary N) is 1. The minimum Gasteiger partial charge on any atom is -0.386 e. The van der Waals surface area contributed by atoms with E-state index >= 15 is 0 Å². The lowest BCUT2D eigenvalue weighted by molar-refractivity contribution is -0.140. The Morgan fingerprint density at radius 1 is 1.05 bits per heavy atom. The van der Waals surface area contributed by atoms with Crippen molar-refractivity contribution in [3.05, 3.63) is 29.3 Å². The number of fused-ring (bicyclic) bond motifs is 2. The van der Waals surface area contributed by atoms with E-state index in [-0.39, 0.29) is 23.7 Å². The fourth-order valence-electron chi connectivity index (χ4n) is 5.16. The van der Waals surface area contributed by atoms with E-state index in [4.69, 9.17) is 29.0 Å². The highest BCUT2D eigenvalue weighted by Crippen LogP contribution is 2.49. The van der Waals surface area contributed by atoms with E-state index in [0.717, 1.165) is 10.9 Å². The number of phosphoric ester groups is 1. The van der Waals surface area contributed by atoms with Gasteiger partial charge < -0.3 is 45.5 Å². The standard InChI is InChI=1S/C22H29N10O11P/c1-3-39-13-8(41-19(11(13)33)31-6-27-9-15(24-2)25-5-26-16(9)31)4-40-44(37,38)43-14-12(34)20(42-21(14)36)32-7-28-10-17(32)29-22(23)30-18(10)35/h5-8,11-14,19-21,33-34,36H,3-4H2,1-2H3,(H,37,38)(H,24,25,26)(H3,23,29,30,35). The molecule has 238 valence electrons. The molecule has 0 aromatic carbocycles. The summed E-state index contributed by atoms with van der Waals surface area (Å²) in [4.78, 5) is 45.4. The number of aromatic amines is 1. The van der Waals surface area contributed by atoms with E-state index < -0.39 is 69.3 Å². The number of aromatic nitrogens is 8. The van der Waals surface area contributed by atoms with Gasteiger partial charge in [-0.15, -0.1) is 0 Å². The maximum atomic E-state index is 13.0. The Kier molecular flexibility index (Phi) is 8.09. The van der Waals surface area contributed by atoms with Crippen LogP contribution < -0.4 is 16.6 Å². The van der Waals surface area contributed by atoms with E-state index in [1.807, 2.05) is 0 Å². The third-order valence-electron chi connectivity index (χ3n) is 7.11. The van der Waals surface area contributed by atoms with Gasteiger partial charge in [0.15, 0.2) is 47.5 Å². The number of H-pyrrole nitrogens is 1. The molecule has 6 heterocycles. The zero-order chi connectivity index (χ0) is 31.3. The molecule has 2 aliphatic heterocycles. The highest BCUT2D eigenvalue weighted by Gasteiger charge is 2.50. The molecular weight excluding hydrogens is 611 g/mol. The first-order valence-electron chi connectivity index (χ1n) is 13.2. The zero-order valence-corrected chi connectivity index (χ0v) is 24.0. The number of nitrogen functional groups attached to an aromatic ring is 1. The quantitative estimate of drug-likeness (QED) is 0.0918. The number of rotatable bonds is 10. The van der Waals surface area contributed by atoms with Crippen LogP contribution >= 0.6 is 7.82 Å². The van der Waals surface area contributed by atoms with Gasteiger partial charge in [-0.05, 0) is 6.92 Å². The Labute approximate surface area is 246 Å². The van der Waals surface area contributed by atoms with Gasteiger partial charge in [0.05, 0.1) is 19.3 Å². The van der Waals surface area contributed by atoms with Gasteiger partial charge in [0.2, 0.25) is 5.95 Å². The molecule has 0 saturated carbocycles. The first-order valence-corrected chi connectivity index (χ1v) is 14.7. The second-order valence-corrected chi connectivity index (χ2v) is 11.2. The number of aliphatic hydroxyl groups is 3. The lowest BCUT2D eigenvalue weighted by Crippen LogP contribution is -2.37. The van der Waals surface area contributed by atoms with Crippen LogP contribution in [-0.2, 0) is 27.8 Å². The van der Waals surface area contributed by atoms with Crippen molar-refractivity contribution in [1.29, 1.82) is 0 Å². The van der Waals surface area contributed by atoms with E-state index in [0.29, 0.717) is 17.0 Å². The Hall–Kier alpha value is -3.63. The lowest BCUT2D eigenvalue weighted by Gasteiger charge is -2.23. The molecule has 8 N–H and O–H groups in total. The average molecular weight is 641 g/mol. The summed E-state index contributed by atoms with van der Waals surface area (Å²) in [6, 6.07) is 0. The molecule has 2 fully saturated rings. The smallest absolute Gasteiger partial charge is 0.386 e. The summed E-state index contributed by atoms with van der Waals surface area (Å²) < 4.78 is 42.8. The summed E-state index contributed by atoms with van der Waals surface area (Å²) in [5.74, 6) is 0.223. The van der Waals surface area contributed by atoms with Crippen LogP contribution in [0.25, 0.3) is 22.3 Å². The fraction of sp³-hybridized carbons (Fsp3) is 0.545. The second kappa shape index (κ2) is 11.7. The van der Waals surface area contributed by atoms with E-state index in [2.05, 4.69) is 35.2 Å². The summed E-state index contributed by atoms with van der Waals surface area (Å²) >= 11 is 0. The van der Waals surface area contributed by atoms with E-state index in [1.54, 1.807) is 14.0 Å². The van der Waals surface area contributed by atoms with Crippen molar-refractivity contribution in [2.24, 2.45) is 0 Å². The minimum absolute atomic E-state index is 0.0700. The normalized spacial score (nSPS) is 30.3. The summed E-state index contributed by atoms with van der Waals surface area (Å²) in [6.45, 7) is 1.27. The molecule has 2 saturated heterocycles. The van der Waals surface area contributed by atoms with Gasteiger partial charge in [-0.25, -0.2) is 24.5 Å². The molecule has 44 heavy (non-hydrogen) atoms. The topological polar surface area (TPSA) is 289 Å². The van der Waals surface area contributed by atoms with Gasteiger partial charge in [0.1, 0.15) is 36.3 Å². The summed E-state index contributed by atoms with van der Waals surface area (Å²) in [7, 11) is -3.34. The van der Waals surface area contributed by atoms with Crippen LogP contribution in [0, 0.1) is 0 Å². The fourth-order valence-corrected chi connectivity index (χ4v) is 6.09. The molecule has 0 aliphatic carbocycles. The summed E-state index contributed by atoms with van der Waals surface area (Å²) in [5, 5.41) is 35.2. The lowest BCUT2D eigenvalue weighted by atomic mass is 10.1. The minimum atomic E-state index is -5.01. The van der Waals surface area contributed by atoms with Crippen molar-refractivity contribution < 1.29 is 48.0 Å². The molecule has 0 radical (unpaired) electrons. The van der Waals surface area contributed by atoms with Crippen LogP contribution in [0.15, 0.2) is 23.8 Å². The molecular formula is C22H29N10O11P. The molecule has 9 atom stereocenters. The van der Waals surface area contributed by atoms with Gasteiger partial charge >= 0.3 is 7.82 Å². The van der Waals surface area contributed by atoms with Crippen LogP contribution in [-0.4, -0.2) is 116 Å². The van der Waals surface area contributed by atoms with Crippen molar-refractivity contribution in [2.75, 3.05) is 31.3 Å².